The van der Waals surface area contributed by atoms with Crippen LogP contribution in [-0.2, 0) is 9.59 Å². The summed E-state index contributed by atoms with van der Waals surface area (Å²) in [5, 5.41) is 0. The van der Waals surface area contributed by atoms with E-state index in [1.165, 1.54) is 0 Å². The Morgan fingerprint density at radius 3 is 2.20 bits per heavy atom. The minimum Gasteiger partial charge on any atom is -0.342 e. The molecule has 2 aliphatic heterocycles. The highest BCUT2D eigenvalue weighted by atomic mass is 16.2. The average Bonchev–Trinajstić information content (AvgIpc) is 2.49. The van der Waals surface area contributed by atoms with Crippen LogP contribution in [0.1, 0.15) is 25.7 Å². The average molecular weight is 283 g/mol. The second-order valence-corrected chi connectivity index (χ2v) is 5.78. The first kappa shape index (κ1) is 15.2. The Morgan fingerprint density at radius 2 is 1.65 bits per heavy atom. The van der Waals surface area contributed by atoms with Crippen molar-refractivity contribution in [2.24, 2.45) is 17.5 Å². The van der Waals surface area contributed by atoms with Crippen molar-refractivity contribution in [1.29, 1.82) is 0 Å². The van der Waals surface area contributed by atoms with Gasteiger partial charge in [0.1, 0.15) is 0 Å². The van der Waals surface area contributed by atoms with E-state index in [4.69, 9.17) is 11.6 Å². The quantitative estimate of drug-likeness (QED) is 0.337. The Morgan fingerprint density at radius 1 is 1.05 bits per heavy atom. The monoisotopic (exact) mass is 283 g/mol. The SMILES string of the molecule is NNC(=O)C1CCN(C(=O)CN2CCC(N)CC2)CC1. The number of piperidine rings is 2. The summed E-state index contributed by atoms with van der Waals surface area (Å²) in [6.45, 7) is 3.56. The molecule has 2 amide bonds. The van der Waals surface area contributed by atoms with Crippen molar-refractivity contribution < 1.29 is 9.59 Å². The van der Waals surface area contributed by atoms with E-state index in [1.54, 1.807) is 0 Å². The van der Waals surface area contributed by atoms with Crippen molar-refractivity contribution in [2.45, 2.75) is 31.7 Å². The zero-order chi connectivity index (χ0) is 14.5. The van der Waals surface area contributed by atoms with Crippen LogP contribution in [0, 0.1) is 5.92 Å². The van der Waals surface area contributed by atoms with Crippen molar-refractivity contribution >= 4 is 11.8 Å². The summed E-state index contributed by atoms with van der Waals surface area (Å²) in [5.41, 5.74) is 8.04. The number of carbonyl (C=O) groups is 2. The van der Waals surface area contributed by atoms with Gasteiger partial charge in [0.15, 0.2) is 0 Å². The molecule has 5 N–H and O–H groups in total. The van der Waals surface area contributed by atoms with E-state index >= 15 is 0 Å². The molecule has 0 saturated carbocycles. The highest BCUT2D eigenvalue weighted by Gasteiger charge is 2.28. The number of nitrogens with zero attached hydrogens (tertiary/aromatic N) is 2. The highest BCUT2D eigenvalue weighted by molar-refractivity contribution is 5.80. The second-order valence-electron chi connectivity index (χ2n) is 5.78. The highest BCUT2D eigenvalue weighted by Crippen LogP contribution is 2.17. The van der Waals surface area contributed by atoms with E-state index in [1.807, 2.05) is 4.90 Å². The number of amides is 2. The maximum atomic E-state index is 12.2. The molecule has 0 radical (unpaired) electrons. The Balaban J connectivity index is 1.73. The molecule has 2 heterocycles. The third kappa shape index (κ3) is 3.91. The van der Waals surface area contributed by atoms with Crippen molar-refractivity contribution in [3.63, 3.8) is 0 Å². The fourth-order valence-corrected chi connectivity index (χ4v) is 2.91. The van der Waals surface area contributed by atoms with Crippen LogP contribution >= 0.6 is 0 Å². The summed E-state index contributed by atoms with van der Waals surface area (Å²) in [7, 11) is 0. The van der Waals surface area contributed by atoms with Gasteiger partial charge >= 0.3 is 0 Å². The molecular weight excluding hydrogens is 258 g/mol. The largest absolute Gasteiger partial charge is 0.342 e. The first-order valence-corrected chi connectivity index (χ1v) is 7.36. The number of nitrogens with one attached hydrogen (secondary N) is 1. The zero-order valence-electron chi connectivity index (χ0n) is 11.9. The summed E-state index contributed by atoms with van der Waals surface area (Å²) in [6, 6.07) is 0.284. The molecule has 7 heteroatoms. The van der Waals surface area contributed by atoms with Gasteiger partial charge in [-0.05, 0) is 25.7 Å². The summed E-state index contributed by atoms with van der Waals surface area (Å²) < 4.78 is 0. The van der Waals surface area contributed by atoms with E-state index in [0.29, 0.717) is 32.5 Å². The maximum Gasteiger partial charge on any atom is 0.237 e. The fraction of sp³-hybridized carbons (Fsp3) is 0.846. The molecule has 0 aromatic carbocycles. The summed E-state index contributed by atoms with van der Waals surface area (Å²) in [5.74, 6) is 5.11. The van der Waals surface area contributed by atoms with Crippen LogP contribution in [-0.4, -0.2) is 60.4 Å². The van der Waals surface area contributed by atoms with Gasteiger partial charge in [-0.25, -0.2) is 5.84 Å². The predicted octanol–water partition coefficient (Wildman–Crippen LogP) is -1.36. The smallest absolute Gasteiger partial charge is 0.237 e. The van der Waals surface area contributed by atoms with Crippen LogP contribution in [0.5, 0.6) is 0 Å². The fourth-order valence-electron chi connectivity index (χ4n) is 2.91. The molecule has 0 aromatic heterocycles. The first-order chi connectivity index (χ1) is 9.60. The first-order valence-electron chi connectivity index (χ1n) is 7.36. The van der Waals surface area contributed by atoms with E-state index in [2.05, 4.69) is 10.3 Å². The molecule has 20 heavy (non-hydrogen) atoms. The molecule has 0 bridgehead atoms. The number of rotatable bonds is 3. The van der Waals surface area contributed by atoms with E-state index < -0.39 is 0 Å². The molecule has 2 aliphatic rings. The summed E-state index contributed by atoms with van der Waals surface area (Å²) in [6.07, 6.45) is 3.32. The van der Waals surface area contributed by atoms with Crippen LogP contribution in [0.15, 0.2) is 0 Å². The van der Waals surface area contributed by atoms with Crippen molar-refractivity contribution in [2.75, 3.05) is 32.7 Å². The summed E-state index contributed by atoms with van der Waals surface area (Å²) in [4.78, 5) is 27.7. The van der Waals surface area contributed by atoms with E-state index in [-0.39, 0.29) is 23.8 Å². The molecule has 0 atom stereocenters. The van der Waals surface area contributed by atoms with Crippen LogP contribution in [0.4, 0.5) is 0 Å². The van der Waals surface area contributed by atoms with Gasteiger partial charge < -0.3 is 10.6 Å². The van der Waals surface area contributed by atoms with Crippen molar-refractivity contribution in [3.05, 3.63) is 0 Å². The number of nitrogens with two attached hydrogens (primary N) is 2. The third-order valence-corrected chi connectivity index (χ3v) is 4.35. The molecule has 0 unspecified atom stereocenters. The second kappa shape index (κ2) is 7.01. The molecule has 7 nitrogen and oxygen atoms in total. The summed E-state index contributed by atoms with van der Waals surface area (Å²) >= 11 is 0. The third-order valence-electron chi connectivity index (χ3n) is 4.35. The number of hydrazine groups is 1. The Hall–Kier alpha value is -1.18. The van der Waals surface area contributed by atoms with Gasteiger partial charge in [-0.2, -0.15) is 0 Å². The lowest BCUT2D eigenvalue weighted by molar-refractivity contribution is -0.136. The van der Waals surface area contributed by atoms with Crippen LogP contribution in [0.2, 0.25) is 0 Å². The molecule has 2 saturated heterocycles. The van der Waals surface area contributed by atoms with Crippen LogP contribution in [0.25, 0.3) is 0 Å². The van der Waals surface area contributed by atoms with Gasteiger partial charge in [0.05, 0.1) is 6.54 Å². The maximum absolute atomic E-state index is 12.2. The molecule has 0 aromatic rings. The molecule has 0 spiro atoms. The molecule has 2 fully saturated rings. The number of hydrogen-bond donors (Lipinski definition) is 3. The lowest BCUT2D eigenvalue weighted by atomic mass is 9.96. The Kier molecular flexibility index (Phi) is 5.33. The van der Waals surface area contributed by atoms with Gasteiger partial charge in [-0.1, -0.05) is 0 Å². The van der Waals surface area contributed by atoms with Gasteiger partial charge in [-0.15, -0.1) is 0 Å². The van der Waals surface area contributed by atoms with E-state index in [0.717, 1.165) is 25.9 Å². The molecule has 0 aliphatic carbocycles. The van der Waals surface area contributed by atoms with Gasteiger partial charge in [0.25, 0.3) is 0 Å². The molecule has 114 valence electrons. The van der Waals surface area contributed by atoms with Crippen molar-refractivity contribution in [3.8, 4) is 0 Å². The number of hydrogen-bond acceptors (Lipinski definition) is 5. The predicted molar refractivity (Wildman–Crippen MR) is 75.3 cm³/mol. The lowest BCUT2D eigenvalue weighted by Gasteiger charge is -2.34. The Labute approximate surface area is 119 Å². The molecule has 2 rings (SSSR count). The van der Waals surface area contributed by atoms with Crippen LogP contribution < -0.4 is 17.0 Å². The zero-order valence-corrected chi connectivity index (χ0v) is 11.9. The minimum absolute atomic E-state index is 0.0583. The van der Waals surface area contributed by atoms with E-state index in [9.17, 15) is 9.59 Å². The minimum atomic E-state index is -0.123. The van der Waals surface area contributed by atoms with Gasteiger partial charge in [-0.3, -0.25) is 19.9 Å². The van der Waals surface area contributed by atoms with Crippen LogP contribution in [0.3, 0.4) is 0 Å². The Bertz CT molecular complexity index is 347. The van der Waals surface area contributed by atoms with Gasteiger partial charge in [0.2, 0.25) is 11.8 Å². The topological polar surface area (TPSA) is 105 Å². The normalized spacial score (nSPS) is 22.8. The van der Waals surface area contributed by atoms with Crippen molar-refractivity contribution in [1.82, 2.24) is 15.2 Å². The standard InChI is InChI=1S/C13H25N5O2/c14-11-3-5-17(6-4-11)9-12(19)18-7-1-10(2-8-18)13(20)16-15/h10-11H,1-9,14-15H2,(H,16,20). The lowest BCUT2D eigenvalue weighted by Crippen LogP contribution is -2.49. The van der Waals surface area contributed by atoms with Gasteiger partial charge in [0, 0.05) is 38.1 Å². The number of carbonyl (C=O) groups excluding carboxylic acids is 2. The number of likely N-dealkylation sites (tertiary alicyclic amines) is 2. The molecular formula is C13H25N5O2.